The van der Waals surface area contributed by atoms with E-state index in [0.717, 1.165) is 31.4 Å². The SMILES string of the molecule is Cc1ccnc(NCC2CCNCC2)c1.Cl. The summed E-state index contributed by atoms with van der Waals surface area (Å²) >= 11 is 0. The number of rotatable bonds is 3. The van der Waals surface area contributed by atoms with Crippen molar-refractivity contribution in [2.24, 2.45) is 5.92 Å². The number of nitrogens with one attached hydrogen (secondary N) is 2. The third-order valence-electron chi connectivity index (χ3n) is 2.95. The number of piperidine rings is 1. The van der Waals surface area contributed by atoms with Gasteiger partial charge in [-0.05, 0) is 56.5 Å². The van der Waals surface area contributed by atoms with Gasteiger partial charge in [0.05, 0.1) is 0 Å². The number of aryl methyl sites for hydroxylation is 1. The zero-order valence-electron chi connectivity index (χ0n) is 9.70. The molecule has 1 saturated heterocycles. The first-order valence-corrected chi connectivity index (χ1v) is 5.72. The van der Waals surface area contributed by atoms with Gasteiger partial charge in [-0.1, -0.05) is 0 Å². The Labute approximate surface area is 103 Å². The number of anilines is 1. The van der Waals surface area contributed by atoms with E-state index in [9.17, 15) is 0 Å². The lowest BCUT2D eigenvalue weighted by molar-refractivity contribution is 0.389. The number of pyridine rings is 1. The maximum absolute atomic E-state index is 4.30. The van der Waals surface area contributed by atoms with Crippen molar-refractivity contribution >= 4 is 18.2 Å². The molecule has 0 unspecified atom stereocenters. The molecule has 0 spiro atoms. The Bertz CT molecular complexity index is 311. The Morgan fingerprint density at radius 3 is 2.88 bits per heavy atom. The molecule has 0 aliphatic carbocycles. The fraction of sp³-hybridized carbons (Fsp3) is 0.583. The van der Waals surface area contributed by atoms with Crippen LogP contribution in [0.15, 0.2) is 18.3 Å². The predicted octanol–water partition coefficient (Wildman–Crippen LogP) is 2.22. The first-order valence-electron chi connectivity index (χ1n) is 5.72. The maximum Gasteiger partial charge on any atom is 0.126 e. The van der Waals surface area contributed by atoms with Crippen LogP contribution >= 0.6 is 12.4 Å². The lowest BCUT2D eigenvalue weighted by Crippen LogP contribution is -2.31. The van der Waals surface area contributed by atoms with Crippen LogP contribution in [0.3, 0.4) is 0 Å². The van der Waals surface area contributed by atoms with Gasteiger partial charge >= 0.3 is 0 Å². The summed E-state index contributed by atoms with van der Waals surface area (Å²) in [6.45, 7) is 5.47. The summed E-state index contributed by atoms with van der Waals surface area (Å²) < 4.78 is 0. The van der Waals surface area contributed by atoms with Gasteiger partial charge in [0.25, 0.3) is 0 Å². The Morgan fingerprint density at radius 1 is 1.44 bits per heavy atom. The molecule has 1 aliphatic heterocycles. The largest absolute Gasteiger partial charge is 0.370 e. The van der Waals surface area contributed by atoms with Gasteiger partial charge < -0.3 is 10.6 Å². The third kappa shape index (κ3) is 3.99. The Kier molecular flexibility index (Phi) is 5.56. The molecule has 1 aliphatic rings. The molecule has 2 heterocycles. The van der Waals surface area contributed by atoms with Crippen molar-refractivity contribution in [2.75, 3.05) is 25.0 Å². The van der Waals surface area contributed by atoms with E-state index in [-0.39, 0.29) is 12.4 Å². The average molecular weight is 242 g/mol. The minimum absolute atomic E-state index is 0. The third-order valence-corrected chi connectivity index (χ3v) is 2.95. The topological polar surface area (TPSA) is 37.0 Å². The van der Waals surface area contributed by atoms with Crippen LogP contribution in [0.1, 0.15) is 18.4 Å². The minimum atomic E-state index is 0. The van der Waals surface area contributed by atoms with Crippen LogP contribution in [0.25, 0.3) is 0 Å². The Morgan fingerprint density at radius 2 is 2.19 bits per heavy atom. The fourth-order valence-corrected chi connectivity index (χ4v) is 1.97. The molecule has 90 valence electrons. The van der Waals surface area contributed by atoms with Crippen molar-refractivity contribution < 1.29 is 0 Å². The van der Waals surface area contributed by atoms with Gasteiger partial charge in [-0.15, -0.1) is 12.4 Å². The Balaban J connectivity index is 0.00000128. The summed E-state index contributed by atoms with van der Waals surface area (Å²) in [6, 6.07) is 4.12. The van der Waals surface area contributed by atoms with E-state index in [2.05, 4.69) is 28.6 Å². The predicted molar refractivity (Wildman–Crippen MR) is 70.3 cm³/mol. The van der Waals surface area contributed by atoms with Crippen LogP contribution < -0.4 is 10.6 Å². The van der Waals surface area contributed by atoms with Crippen molar-refractivity contribution in [3.63, 3.8) is 0 Å². The van der Waals surface area contributed by atoms with Gasteiger partial charge in [0.1, 0.15) is 5.82 Å². The first kappa shape index (κ1) is 13.3. The quantitative estimate of drug-likeness (QED) is 0.852. The highest BCUT2D eigenvalue weighted by Gasteiger charge is 2.12. The Hall–Kier alpha value is -0.800. The molecular formula is C12H20ClN3. The van der Waals surface area contributed by atoms with E-state index < -0.39 is 0 Å². The summed E-state index contributed by atoms with van der Waals surface area (Å²) in [5, 5.41) is 6.79. The zero-order chi connectivity index (χ0) is 10.5. The van der Waals surface area contributed by atoms with E-state index in [4.69, 9.17) is 0 Å². The van der Waals surface area contributed by atoms with Gasteiger partial charge in [-0.3, -0.25) is 0 Å². The summed E-state index contributed by atoms with van der Waals surface area (Å²) in [7, 11) is 0. The second-order valence-electron chi connectivity index (χ2n) is 4.29. The normalized spacial score (nSPS) is 16.6. The van der Waals surface area contributed by atoms with Crippen molar-refractivity contribution in [3.8, 4) is 0 Å². The zero-order valence-corrected chi connectivity index (χ0v) is 10.5. The average Bonchev–Trinajstić information content (AvgIpc) is 2.28. The maximum atomic E-state index is 4.30. The van der Waals surface area contributed by atoms with E-state index >= 15 is 0 Å². The van der Waals surface area contributed by atoms with E-state index in [1.165, 1.54) is 18.4 Å². The molecule has 0 aromatic carbocycles. The molecule has 2 N–H and O–H groups in total. The highest BCUT2D eigenvalue weighted by atomic mass is 35.5. The summed E-state index contributed by atoms with van der Waals surface area (Å²) in [5.74, 6) is 1.81. The lowest BCUT2D eigenvalue weighted by Gasteiger charge is -2.22. The number of halogens is 1. The summed E-state index contributed by atoms with van der Waals surface area (Å²) in [6.07, 6.45) is 4.41. The molecule has 16 heavy (non-hydrogen) atoms. The van der Waals surface area contributed by atoms with Gasteiger partial charge in [-0.25, -0.2) is 4.98 Å². The number of hydrogen-bond donors (Lipinski definition) is 2. The second-order valence-corrected chi connectivity index (χ2v) is 4.29. The molecule has 1 aromatic rings. The second kappa shape index (κ2) is 6.71. The number of hydrogen-bond acceptors (Lipinski definition) is 3. The smallest absolute Gasteiger partial charge is 0.126 e. The van der Waals surface area contributed by atoms with Gasteiger partial charge in [0, 0.05) is 12.7 Å². The molecular weight excluding hydrogens is 222 g/mol. The molecule has 0 bridgehead atoms. The molecule has 2 rings (SSSR count). The van der Waals surface area contributed by atoms with Crippen molar-refractivity contribution in [1.82, 2.24) is 10.3 Å². The van der Waals surface area contributed by atoms with Crippen LogP contribution in [0.2, 0.25) is 0 Å². The molecule has 0 radical (unpaired) electrons. The van der Waals surface area contributed by atoms with E-state index in [1.807, 2.05) is 12.3 Å². The van der Waals surface area contributed by atoms with E-state index in [1.54, 1.807) is 0 Å². The molecule has 0 amide bonds. The van der Waals surface area contributed by atoms with Crippen LogP contribution in [0.5, 0.6) is 0 Å². The molecule has 3 nitrogen and oxygen atoms in total. The van der Waals surface area contributed by atoms with Gasteiger partial charge in [0.2, 0.25) is 0 Å². The molecule has 0 atom stereocenters. The highest BCUT2D eigenvalue weighted by molar-refractivity contribution is 5.85. The van der Waals surface area contributed by atoms with Crippen LogP contribution in [-0.4, -0.2) is 24.6 Å². The molecule has 1 fully saturated rings. The van der Waals surface area contributed by atoms with Crippen LogP contribution in [0, 0.1) is 12.8 Å². The molecule has 1 aromatic heterocycles. The fourth-order valence-electron chi connectivity index (χ4n) is 1.97. The first-order chi connectivity index (χ1) is 7.34. The monoisotopic (exact) mass is 241 g/mol. The molecule has 0 saturated carbocycles. The molecule has 4 heteroatoms. The van der Waals surface area contributed by atoms with Crippen LogP contribution in [0.4, 0.5) is 5.82 Å². The standard InChI is InChI=1S/C12H19N3.ClH/c1-10-2-7-14-12(8-10)15-9-11-3-5-13-6-4-11;/h2,7-8,11,13H,3-6,9H2,1H3,(H,14,15);1H. The number of nitrogens with zero attached hydrogens (tertiary/aromatic N) is 1. The highest BCUT2D eigenvalue weighted by Crippen LogP contribution is 2.13. The lowest BCUT2D eigenvalue weighted by atomic mass is 9.98. The minimum Gasteiger partial charge on any atom is -0.370 e. The number of aromatic nitrogens is 1. The van der Waals surface area contributed by atoms with Gasteiger partial charge in [0.15, 0.2) is 0 Å². The van der Waals surface area contributed by atoms with E-state index in [0.29, 0.717) is 0 Å². The van der Waals surface area contributed by atoms with Crippen molar-refractivity contribution in [1.29, 1.82) is 0 Å². The van der Waals surface area contributed by atoms with Gasteiger partial charge in [-0.2, -0.15) is 0 Å². The summed E-state index contributed by atoms with van der Waals surface area (Å²) in [4.78, 5) is 4.30. The van der Waals surface area contributed by atoms with Crippen molar-refractivity contribution in [2.45, 2.75) is 19.8 Å². The van der Waals surface area contributed by atoms with Crippen molar-refractivity contribution in [3.05, 3.63) is 23.9 Å². The summed E-state index contributed by atoms with van der Waals surface area (Å²) in [5.41, 5.74) is 1.26. The van der Waals surface area contributed by atoms with Crippen LogP contribution in [-0.2, 0) is 0 Å².